The fourth-order valence-corrected chi connectivity index (χ4v) is 2.50. The van der Waals surface area contributed by atoms with Crippen molar-refractivity contribution in [1.82, 2.24) is 0 Å². The van der Waals surface area contributed by atoms with Gasteiger partial charge in [0.15, 0.2) is 23.0 Å². The minimum absolute atomic E-state index is 0.374. The molecule has 0 amide bonds. The first-order valence-electron chi connectivity index (χ1n) is 7.52. The van der Waals surface area contributed by atoms with E-state index in [0.29, 0.717) is 28.8 Å². The highest BCUT2D eigenvalue weighted by atomic mass is 16.5. The monoisotopic (exact) mass is 346 g/mol. The van der Waals surface area contributed by atoms with Crippen LogP contribution in [-0.4, -0.2) is 39.5 Å². The zero-order chi connectivity index (χ0) is 18.4. The molecule has 0 unspecified atom stereocenters. The van der Waals surface area contributed by atoms with Crippen LogP contribution in [0.5, 0.6) is 23.0 Å². The van der Waals surface area contributed by atoms with Crippen molar-refractivity contribution in [2.45, 2.75) is 6.92 Å². The number of hydrogen-bond donors (Lipinski definition) is 1. The summed E-state index contributed by atoms with van der Waals surface area (Å²) in [6.07, 6.45) is 0. The largest absolute Gasteiger partial charge is 0.493 e. The van der Waals surface area contributed by atoms with Crippen LogP contribution in [0.2, 0.25) is 0 Å². The molecule has 0 aromatic heterocycles. The van der Waals surface area contributed by atoms with E-state index >= 15 is 0 Å². The number of ether oxygens (including phenoxy) is 4. The Morgan fingerprint density at radius 1 is 0.760 bits per heavy atom. The maximum Gasteiger partial charge on any atom is 0.162 e. The van der Waals surface area contributed by atoms with Gasteiger partial charge in [0.1, 0.15) is 5.84 Å². The van der Waals surface area contributed by atoms with Crippen LogP contribution in [0.25, 0.3) is 0 Å². The molecule has 0 atom stereocenters. The van der Waals surface area contributed by atoms with Crippen molar-refractivity contribution in [3.05, 3.63) is 36.4 Å². The highest BCUT2D eigenvalue weighted by Gasteiger charge is 2.18. The van der Waals surface area contributed by atoms with Gasteiger partial charge in [-0.25, -0.2) is 0 Å². The van der Waals surface area contributed by atoms with Crippen molar-refractivity contribution in [2.24, 2.45) is 5.16 Å². The van der Waals surface area contributed by atoms with Crippen LogP contribution < -0.4 is 23.8 Å². The Bertz CT molecular complexity index is 706. The van der Waals surface area contributed by atoms with Gasteiger partial charge in [0.25, 0.3) is 0 Å². The molecule has 134 valence electrons. The Morgan fingerprint density at radius 3 is 1.48 bits per heavy atom. The fourth-order valence-electron chi connectivity index (χ4n) is 2.50. The highest BCUT2D eigenvalue weighted by Crippen LogP contribution is 2.38. The third kappa shape index (κ3) is 3.71. The van der Waals surface area contributed by atoms with Crippen LogP contribution in [0.4, 0.5) is 11.4 Å². The van der Waals surface area contributed by atoms with E-state index in [0.717, 1.165) is 11.4 Å². The number of benzene rings is 2. The summed E-state index contributed by atoms with van der Waals surface area (Å²) in [6, 6.07) is 10.8. The quantitative estimate of drug-likeness (QED) is 0.372. The van der Waals surface area contributed by atoms with Crippen LogP contribution in [0.15, 0.2) is 41.6 Å². The maximum atomic E-state index is 9.32. The number of oxime groups is 1. The molecule has 0 radical (unpaired) electrons. The maximum absolute atomic E-state index is 9.32. The number of rotatable bonds is 6. The molecule has 7 heteroatoms. The normalized spacial score (nSPS) is 11.0. The first kappa shape index (κ1) is 18.3. The third-order valence-corrected chi connectivity index (χ3v) is 3.72. The Hall–Kier alpha value is -3.09. The van der Waals surface area contributed by atoms with E-state index in [1.165, 1.54) is 0 Å². The summed E-state index contributed by atoms with van der Waals surface area (Å²) in [5.41, 5.74) is 1.47. The Labute approximate surface area is 147 Å². The third-order valence-electron chi connectivity index (χ3n) is 3.72. The molecule has 0 heterocycles. The second-order valence-corrected chi connectivity index (χ2v) is 5.06. The van der Waals surface area contributed by atoms with Crippen molar-refractivity contribution in [2.75, 3.05) is 33.3 Å². The summed E-state index contributed by atoms with van der Waals surface area (Å²) in [5.74, 6) is 2.72. The Kier molecular flexibility index (Phi) is 5.94. The van der Waals surface area contributed by atoms with E-state index in [9.17, 15) is 5.21 Å². The molecule has 0 fully saturated rings. The zero-order valence-corrected chi connectivity index (χ0v) is 14.9. The molecule has 2 aromatic rings. The van der Waals surface area contributed by atoms with Gasteiger partial charge >= 0.3 is 0 Å². The van der Waals surface area contributed by atoms with Crippen molar-refractivity contribution in [3.8, 4) is 23.0 Å². The minimum Gasteiger partial charge on any atom is -0.493 e. The van der Waals surface area contributed by atoms with E-state index in [1.54, 1.807) is 64.5 Å². The van der Waals surface area contributed by atoms with Gasteiger partial charge in [-0.05, 0) is 31.2 Å². The molecule has 0 spiro atoms. The smallest absolute Gasteiger partial charge is 0.162 e. The van der Waals surface area contributed by atoms with Crippen LogP contribution in [0.3, 0.4) is 0 Å². The van der Waals surface area contributed by atoms with Gasteiger partial charge in [-0.15, -0.1) is 0 Å². The van der Waals surface area contributed by atoms with E-state index < -0.39 is 0 Å². The molecular weight excluding hydrogens is 324 g/mol. The predicted octanol–water partition coefficient (Wildman–Crippen LogP) is 3.67. The van der Waals surface area contributed by atoms with Gasteiger partial charge in [0.05, 0.1) is 39.8 Å². The van der Waals surface area contributed by atoms with Crippen molar-refractivity contribution in [1.29, 1.82) is 0 Å². The molecule has 25 heavy (non-hydrogen) atoms. The molecule has 1 N–H and O–H groups in total. The summed E-state index contributed by atoms with van der Waals surface area (Å²) in [7, 11) is 6.28. The van der Waals surface area contributed by atoms with Gasteiger partial charge in [0, 0.05) is 12.1 Å². The molecule has 2 rings (SSSR count). The van der Waals surface area contributed by atoms with Crippen molar-refractivity contribution >= 4 is 17.2 Å². The molecule has 0 saturated heterocycles. The standard InChI is InChI=1S/C18H22N2O5/c1-12(19-21)20(13-6-8-15(22-2)17(10-13)24-4)14-7-9-16(23-3)18(11-14)25-5/h6-11,21H,1-5H3. The SMILES string of the molecule is COc1ccc(N(C(C)=NO)c2ccc(OC)c(OC)c2)cc1OC. The molecule has 0 aliphatic heterocycles. The first-order valence-corrected chi connectivity index (χ1v) is 7.52. The second-order valence-electron chi connectivity index (χ2n) is 5.06. The predicted molar refractivity (Wildman–Crippen MR) is 96.1 cm³/mol. The summed E-state index contributed by atoms with van der Waals surface area (Å²) >= 11 is 0. The van der Waals surface area contributed by atoms with E-state index in [2.05, 4.69) is 5.16 Å². The summed E-state index contributed by atoms with van der Waals surface area (Å²) < 4.78 is 21.3. The number of methoxy groups -OCH3 is 4. The number of nitrogens with zero attached hydrogens (tertiary/aromatic N) is 2. The zero-order valence-electron chi connectivity index (χ0n) is 14.9. The number of hydrogen-bond acceptors (Lipinski definition) is 6. The van der Waals surface area contributed by atoms with Gasteiger partial charge in [-0.2, -0.15) is 0 Å². The number of amidine groups is 1. The Balaban J connectivity index is 2.58. The van der Waals surface area contributed by atoms with Gasteiger partial charge < -0.3 is 24.2 Å². The molecule has 0 aliphatic carbocycles. The summed E-state index contributed by atoms with van der Waals surface area (Å²) in [5, 5.41) is 12.7. The topological polar surface area (TPSA) is 72.8 Å². The molecule has 0 aliphatic rings. The molecular formula is C18H22N2O5. The molecule has 0 bridgehead atoms. The van der Waals surface area contributed by atoms with Crippen molar-refractivity contribution in [3.63, 3.8) is 0 Å². The van der Waals surface area contributed by atoms with Gasteiger partial charge in [-0.3, -0.25) is 4.90 Å². The van der Waals surface area contributed by atoms with Crippen LogP contribution >= 0.6 is 0 Å². The van der Waals surface area contributed by atoms with E-state index in [1.807, 2.05) is 12.1 Å². The highest BCUT2D eigenvalue weighted by molar-refractivity contribution is 6.02. The van der Waals surface area contributed by atoms with E-state index in [4.69, 9.17) is 18.9 Å². The van der Waals surface area contributed by atoms with Gasteiger partial charge in [-0.1, -0.05) is 5.16 Å². The number of anilines is 2. The van der Waals surface area contributed by atoms with Crippen LogP contribution in [0, 0.1) is 0 Å². The van der Waals surface area contributed by atoms with Crippen LogP contribution in [-0.2, 0) is 0 Å². The minimum atomic E-state index is 0.374. The van der Waals surface area contributed by atoms with Crippen molar-refractivity contribution < 1.29 is 24.2 Å². The van der Waals surface area contributed by atoms with Crippen LogP contribution in [0.1, 0.15) is 6.92 Å². The average molecular weight is 346 g/mol. The van der Waals surface area contributed by atoms with Gasteiger partial charge in [0.2, 0.25) is 0 Å². The molecule has 0 saturated carbocycles. The molecule has 2 aromatic carbocycles. The fraction of sp³-hybridized carbons (Fsp3) is 0.278. The lowest BCUT2D eigenvalue weighted by Crippen LogP contribution is -2.23. The Morgan fingerprint density at radius 2 is 1.16 bits per heavy atom. The second kappa shape index (κ2) is 8.14. The average Bonchev–Trinajstić information content (AvgIpc) is 2.67. The lowest BCUT2D eigenvalue weighted by molar-refractivity contribution is 0.318. The summed E-state index contributed by atoms with van der Waals surface area (Å²) in [6.45, 7) is 1.69. The first-order chi connectivity index (χ1) is 12.1. The lowest BCUT2D eigenvalue weighted by Gasteiger charge is -2.25. The molecule has 7 nitrogen and oxygen atoms in total. The summed E-state index contributed by atoms with van der Waals surface area (Å²) in [4.78, 5) is 1.75. The lowest BCUT2D eigenvalue weighted by atomic mass is 10.2. The van der Waals surface area contributed by atoms with E-state index in [-0.39, 0.29) is 0 Å².